The number of aromatic nitrogens is 4. The van der Waals surface area contributed by atoms with E-state index in [1.165, 1.54) is 38.4 Å². The van der Waals surface area contributed by atoms with Crippen LogP contribution in [0.2, 0.25) is 0 Å². The van der Waals surface area contributed by atoms with E-state index in [1.807, 2.05) is 47.6 Å². The van der Waals surface area contributed by atoms with Crippen molar-refractivity contribution >= 4 is 40.0 Å². The molecule has 3 aromatic heterocycles. The SMILES string of the molecule is CC(C)n1cnc2cc(-c3ccc4c(c3)N(C3CC(N5CCCCC5)C3)C(=O)C43CCN(C(=O)[C@@H](C)O)CC3)nc(Nc3ccnc(F)c3F)c21. The van der Waals surface area contributed by atoms with Gasteiger partial charge in [0.1, 0.15) is 11.6 Å². The Morgan fingerprint density at radius 3 is 2.43 bits per heavy atom. The number of amides is 2. The van der Waals surface area contributed by atoms with Crippen LogP contribution in [-0.2, 0) is 15.0 Å². The van der Waals surface area contributed by atoms with Gasteiger partial charge in [-0.3, -0.25) is 9.59 Å². The number of aliphatic hydroxyl groups is 1. The van der Waals surface area contributed by atoms with Crippen molar-refractivity contribution in [2.24, 2.45) is 0 Å². The van der Waals surface area contributed by atoms with E-state index in [0.717, 1.165) is 42.7 Å². The van der Waals surface area contributed by atoms with E-state index >= 15 is 0 Å². The predicted molar refractivity (Wildman–Crippen MR) is 190 cm³/mol. The van der Waals surface area contributed by atoms with E-state index < -0.39 is 23.3 Å². The van der Waals surface area contributed by atoms with Crippen molar-refractivity contribution in [3.05, 3.63) is 60.2 Å². The molecule has 0 unspecified atom stereocenters. The van der Waals surface area contributed by atoms with E-state index in [-0.39, 0.29) is 29.6 Å². The van der Waals surface area contributed by atoms with Crippen molar-refractivity contribution in [3.63, 3.8) is 0 Å². The molecule has 3 fully saturated rings. The monoisotopic (exact) mass is 698 g/mol. The Labute approximate surface area is 295 Å². The van der Waals surface area contributed by atoms with Crippen LogP contribution in [0.3, 0.4) is 0 Å². The van der Waals surface area contributed by atoms with Gasteiger partial charge in [0, 0.05) is 48.7 Å². The summed E-state index contributed by atoms with van der Waals surface area (Å²) in [5, 5.41) is 13.0. The van der Waals surface area contributed by atoms with Gasteiger partial charge in [0.05, 0.1) is 28.6 Å². The molecular weight excluding hydrogens is 654 g/mol. The zero-order valence-corrected chi connectivity index (χ0v) is 29.3. The molecule has 1 aromatic carbocycles. The van der Waals surface area contributed by atoms with E-state index in [0.29, 0.717) is 54.5 Å². The molecule has 268 valence electrons. The average Bonchev–Trinajstić information content (AvgIpc) is 3.64. The van der Waals surface area contributed by atoms with Gasteiger partial charge < -0.3 is 29.7 Å². The number of likely N-dealkylation sites (tertiary alicyclic amines) is 2. The second kappa shape index (κ2) is 12.9. The number of halogens is 2. The van der Waals surface area contributed by atoms with E-state index in [2.05, 4.69) is 20.2 Å². The van der Waals surface area contributed by atoms with Gasteiger partial charge >= 0.3 is 0 Å². The first-order chi connectivity index (χ1) is 24.6. The topological polar surface area (TPSA) is 120 Å². The van der Waals surface area contributed by atoms with Crippen LogP contribution in [0.15, 0.2) is 42.9 Å². The summed E-state index contributed by atoms with van der Waals surface area (Å²) in [6.07, 6.45) is 8.32. The average molecular weight is 699 g/mol. The third kappa shape index (κ3) is 5.65. The maximum atomic E-state index is 14.8. The van der Waals surface area contributed by atoms with Crippen molar-refractivity contribution in [1.29, 1.82) is 0 Å². The number of rotatable bonds is 7. The summed E-state index contributed by atoms with van der Waals surface area (Å²) in [4.78, 5) is 46.7. The Bertz CT molecular complexity index is 1990. The summed E-state index contributed by atoms with van der Waals surface area (Å²) in [7, 11) is 0. The number of benzene rings is 1. The molecule has 8 rings (SSSR count). The van der Waals surface area contributed by atoms with Gasteiger partial charge in [0.15, 0.2) is 5.82 Å². The minimum absolute atomic E-state index is 0.0246. The molecule has 1 spiro atoms. The first kappa shape index (κ1) is 33.6. The minimum atomic E-state index is -1.21. The maximum Gasteiger partial charge on any atom is 0.251 e. The molecule has 2 amide bonds. The lowest BCUT2D eigenvalue weighted by atomic mass is 9.73. The number of carbonyl (C=O) groups is 2. The van der Waals surface area contributed by atoms with Crippen LogP contribution in [0.25, 0.3) is 22.3 Å². The van der Waals surface area contributed by atoms with Crippen LogP contribution in [0.1, 0.15) is 77.3 Å². The van der Waals surface area contributed by atoms with Crippen molar-refractivity contribution in [1.82, 2.24) is 29.3 Å². The second-order valence-corrected chi connectivity index (χ2v) is 14.9. The summed E-state index contributed by atoms with van der Waals surface area (Å²) < 4.78 is 30.9. The standard InChI is InChI=1S/C38H44F2N8O3/c1-22(2)47-21-42-30-20-29(44-35(33(30)47)43-28-9-12-41-34(40)32(28)39)24-7-8-27-31(17-24)48(26-18-25(19-26)45-13-5-4-6-14-45)37(51)38(27)10-15-46(16-11-38)36(50)23(3)49/h7-9,12,17,20-23,25-26,49H,4-6,10-11,13-16,18-19H2,1-3H3,(H,41,43,44)/t23-,25?,26?/m1/s1. The molecule has 11 nitrogen and oxygen atoms in total. The Morgan fingerprint density at radius 1 is 0.980 bits per heavy atom. The maximum absolute atomic E-state index is 14.8. The zero-order chi connectivity index (χ0) is 35.6. The van der Waals surface area contributed by atoms with Gasteiger partial charge in [-0.05, 0) is 96.1 Å². The molecule has 0 bridgehead atoms. The Hall–Kier alpha value is -4.49. The van der Waals surface area contributed by atoms with Crippen LogP contribution in [0.5, 0.6) is 0 Å². The summed E-state index contributed by atoms with van der Waals surface area (Å²) in [5.74, 6) is -2.22. The molecular formula is C38H44F2N8O3. The number of anilines is 3. The summed E-state index contributed by atoms with van der Waals surface area (Å²) in [6, 6.07) is 9.83. The van der Waals surface area contributed by atoms with Crippen molar-refractivity contribution in [2.75, 3.05) is 36.4 Å². The highest BCUT2D eigenvalue weighted by molar-refractivity contribution is 6.09. The third-order valence-electron chi connectivity index (χ3n) is 11.6. The van der Waals surface area contributed by atoms with Gasteiger partial charge in [-0.2, -0.15) is 8.78 Å². The largest absolute Gasteiger partial charge is 0.384 e. The number of piperidine rings is 2. The zero-order valence-electron chi connectivity index (χ0n) is 29.3. The number of nitrogens with one attached hydrogen (secondary N) is 1. The highest BCUT2D eigenvalue weighted by Gasteiger charge is 2.56. The summed E-state index contributed by atoms with van der Waals surface area (Å²) >= 11 is 0. The van der Waals surface area contributed by atoms with E-state index in [1.54, 1.807) is 11.2 Å². The fourth-order valence-electron chi connectivity index (χ4n) is 8.65. The number of imidazole rings is 1. The number of hydrogen-bond acceptors (Lipinski definition) is 8. The number of hydrogen-bond donors (Lipinski definition) is 2. The number of fused-ring (bicyclic) bond motifs is 3. The lowest BCUT2D eigenvalue weighted by Gasteiger charge is -2.48. The fourth-order valence-corrected chi connectivity index (χ4v) is 8.65. The van der Waals surface area contributed by atoms with Crippen molar-refractivity contribution < 1.29 is 23.5 Å². The first-order valence-corrected chi connectivity index (χ1v) is 18.2. The molecule has 1 aliphatic carbocycles. The first-order valence-electron chi connectivity index (χ1n) is 18.2. The van der Waals surface area contributed by atoms with Gasteiger partial charge in [-0.1, -0.05) is 18.6 Å². The molecule has 1 saturated carbocycles. The van der Waals surface area contributed by atoms with Crippen LogP contribution in [0.4, 0.5) is 26.0 Å². The normalized spacial score (nSPS) is 22.5. The highest BCUT2D eigenvalue weighted by atomic mass is 19.2. The van der Waals surface area contributed by atoms with Crippen molar-refractivity contribution in [2.45, 2.75) is 95.4 Å². The summed E-state index contributed by atoms with van der Waals surface area (Å²) in [5.41, 5.74) is 3.59. The molecule has 4 aliphatic rings. The minimum Gasteiger partial charge on any atom is -0.384 e. The number of aliphatic hydroxyl groups excluding tert-OH is 1. The van der Waals surface area contributed by atoms with E-state index in [9.17, 15) is 23.5 Å². The molecule has 4 aromatic rings. The molecule has 3 aliphatic heterocycles. The molecule has 2 N–H and O–H groups in total. The van der Waals surface area contributed by atoms with Gasteiger partial charge in [0.25, 0.3) is 11.9 Å². The van der Waals surface area contributed by atoms with E-state index in [4.69, 9.17) is 4.98 Å². The van der Waals surface area contributed by atoms with Crippen LogP contribution >= 0.6 is 0 Å². The predicted octanol–water partition coefficient (Wildman–Crippen LogP) is 5.70. The highest BCUT2D eigenvalue weighted by Crippen LogP contribution is 2.52. The Morgan fingerprint density at radius 2 is 1.73 bits per heavy atom. The Kier molecular flexibility index (Phi) is 8.53. The van der Waals surface area contributed by atoms with Crippen LogP contribution in [-0.4, -0.2) is 90.6 Å². The smallest absolute Gasteiger partial charge is 0.251 e. The molecule has 51 heavy (non-hydrogen) atoms. The lowest BCUT2D eigenvalue weighted by Crippen LogP contribution is -2.58. The number of nitrogens with zero attached hydrogens (tertiary/aromatic N) is 7. The van der Waals surface area contributed by atoms with Crippen LogP contribution < -0.4 is 10.2 Å². The molecule has 0 radical (unpaired) electrons. The van der Waals surface area contributed by atoms with Crippen LogP contribution in [0, 0.1) is 11.8 Å². The molecule has 13 heteroatoms. The molecule has 2 saturated heterocycles. The quantitative estimate of drug-likeness (QED) is 0.236. The van der Waals surface area contributed by atoms with Gasteiger partial charge in [-0.15, -0.1) is 0 Å². The number of pyridine rings is 2. The Balaban J connectivity index is 1.19. The third-order valence-corrected chi connectivity index (χ3v) is 11.6. The molecule has 1 atom stereocenters. The van der Waals surface area contributed by atoms with Gasteiger partial charge in [-0.25, -0.2) is 15.0 Å². The molecule has 6 heterocycles. The summed E-state index contributed by atoms with van der Waals surface area (Å²) in [6.45, 7) is 8.50. The number of carbonyl (C=O) groups excluding carboxylic acids is 2. The van der Waals surface area contributed by atoms with Gasteiger partial charge in [0.2, 0.25) is 11.7 Å². The fraction of sp³-hybridized carbons (Fsp3) is 0.500. The van der Waals surface area contributed by atoms with Crippen molar-refractivity contribution in [3.8, 4) is 11.3 Å². The second-order valence-electron chi connectivity index (χ2n) is 14.9. The lowest BCUT2D eigenvalue weighted by molar-refractivity contribution is -0.142.